The highest BCUT2D eigenvalue weighted by Crippen LogP contribution is 2.55. The number of phenols is 1. The van der Waals surface area contributed by atoms with Gasteiger partial charge in [0.15, 0.2) is 11.6 Å². The standard InChI is InChI=1S/C25H22BrNO5/c1-2-8-27-24(31)15-7-6-14-16(21(15)25(27)32)10-17-22(19(29)11-18(26)23(17)30)20(14)12-4-3-5-13(28)9-12/h3-6,9,11,15-16,20-21,28H,2,7-8,10H2,1H3. The van der Waals surface area contributed by atoms with Crippen molar-refractivity contribution < 1.29 is 24.3 Å². The van der Waals surface area contributed by atoms with Crippen LogP contribution in [0.3, 0.4) is 0 Å². The summed E-state index contributed by atoms with van der Waals surface area (Å²) in [4.78, 5) is 53.8. The fourth-order valence-electron chi connectivity index (χ4n) is 5.80. The molecule has 4 unspecified atom stereocenters. The highest BCUT2D eigenvalue weighted by molar-refractivity contribution is 9.12. The number of halogens is 1. The zero-order chi connectivity index (χ0) is 22.7. The van der Waals surface area contributed by atoms with Crippen molar-refractivity contribution in [1.29, 1.82) is 0 Å². The lowest BCUT2D eigenvalue weighted by Crippen LogP contribution is -2.39. The van der Waals surface area contributed by atoms with Crippen LogP contribution in [0.25, 0.3) is 0 Å². The van der Waals surface area contributed by atoms with E-state index in [9.17, 15) is 24.3 Å². The summed E-state index contributed by atoms with van der Waals surface area (Å²) in [5, 5.41) is 10.1. The minimum atomic E-state index is -0.534. The van der Waals surface area contributed by atoms with Crippen LogP contribution < -0.4 is 0 Å². The van der Waals surface area contributed by atoms with Crippen LogP contribution in [0.15, 0.2) is 57.6 Å². The lowest BCUT2D eigenvalue weighted by molar-refractivity contribution is -0.140. The summed E-state index contributed by atoms with van der Waals surface area (Å²) >= 11 is 3.21. The Morgan fingerprint density at radius 2 is 1.91 bits per heavy atom. The van der Waals surface area contributed by atoms with Gasteiger partial charge >= 0.3 is 0 Å². The van der Waals surface area contributed by atoms with Gasteiger partial charge in [-0.25, -0.2) is 0 Å². The molecule has 1 N–H and O–H groups in total. The van der Waals surface area contributed by atoms with E-state index < -0.39 is 17.8 Å². The van der Waals surface area contributed by atoms with Crippen LogP contribution in [0.2, 0.25) is 0 Å². The number of likely N-dealkylation sites (tertiary alicyclic amines) is 1. The van der Waals surface area contributed by atoms with Crippen molar-refractivity contribution in [3.63, 3.8) is 0 Å². The first kappa shape index (κ1) is 21.1. The molecule has 0 radical (unpaired) electrons. The second-order valence-corrected chi connectivity index (χ2v) is 9.67. The molecule has 1 aromatic carbocycles. The molecule has 3 aliphatic carbocycles. The Kier molecular flexibility index (Phi) is 5.04. The van der Waals surface area contributed by atoms with Gasteiger partial charge in [0.1, 0.15) is 5.75 Å². The van der Waals surface area contributed by atoms with Crippen molar-refractivity contribution in [2.45, 2.75) is 32.1 Å². The number of nitrogens with zero attached hydrogens (tertiary/aromatic N) is 1. The van der Waals surface area contributed by atoms with Gasteiger partial charge in [-0.05, 0) is 58.8 Å². The molecule has 2 amide bonds. The highest BCUT2D eigenvalue weighted by Gasteiger charge is 2.56. The number of allylic oxidation sites excluding steroid dienone is 6. The van der Waals surface area contributed by atoms with Crippen molar-refractivity contribution >= 4 is 39.3 Å². The number of imide groups is 1. The Morgan fingerprint density at radius 3 is 2.62 bits per heavy atom. The fraction of sp³-hybridized carbons (Fsp3) is 0.360. The molecule has 32 heavy (non-hydrogen) atoms. The summed E-state index contributed by atoms with van der Waals surface area (Å²) in [5.41, 5.74) is 2.39. The molecule has 164 valence electrons. The lowest BCUT2D eigenvalue weighted by atomic mass is 9.59. The van der Waals surface area contributed by atoms with Gasteiger partial charge in [0.25, 0.3) is 0 Å². The molecule has 4 atom stereocenters. The Hall–Kier alpha value is -2.80. The molecule has 0 spiro atoms. The van der Waals surface area contributed by atoms with Gasteiger partial charge < -0.3 is 5.11 Å². The van der Waals surface area contributed by atoms with Crippen molar-refractivity contribution in [1.82, 2.24) is 4.90 Å². The minimum absolute atomic E-state index is 0.0635. The van der Waals surface area contributed by atoms with Gasteiger partial charge in [0, 0.05) is 29.7 Å². The summed E-state index contributed by atoms with van der Waals surface area (Å²) in [6, 6.07) is 6.67. The molecule has 1 fully saturated rings. The number of carbonyl (C=O) groups is 4. The van der Waals surface area contributed by atoms with Crippen LogP contribution in [0.1, 0.15) is 37.7 Å². The van der Waals surface area contributed by atoms with E-state index in [1.165, 1.54) is 11.0 Å². The summed E-state index contributed by atoms with van der Waals surface area (Å²) in [6.45, 7) is 2.32. The van der Waals surface area contributed by atoms with E-state index in [-0.39, 0.29) is 46.0 Å². The Balaban J connectivity index is 1.67. The number of ketones is 2. The van der Waals surface area contributed by atoms with Crippen LogP contribution in [0.4, 0.5) is 0 Å². The molecule has 1 aliphatic heterocycles. The number of hydrogen-bond donors (Lipinski definition) is 1. The third-order valence-electron chi connectivity index (χ3n) is 7.07. The van der Waals surface area contributed by atoms with E-state index in [1.54, 1.807) is 18.2 Å². The fourth-order valence-corrected chi connectivity index (χ4v) is 6.25. The SMILES string of the molecule is CCCN1C(=O)C2CC=C3C(c4cccc(O)c4)C4=C(CC3C2C1=O)C(=O)C(Br)=CC4=O. The first-order valence-corrected chi connectivity index (χ1v) is 11.7. The summed E-state index contributed by atoms with van der Waals surface area (Å²) < 4.78 is 0.206. The van der Waals surface area contributed by atoms with E-state index >= 15 is 0 Å². The van der Waals surface area contributed by atoms with E-state index in [4.69, 9.17) is 0 Å². The quantitative estimate of drug-likeness (QED) is 0.393. The number of carbonyl (C=O) groups excluding carboxylic acids is 4. The van der Waals surface area contributed by atoms with Gasteiger partial charge in [0.2, 0.25) is 11.8 Å². The third-order valence-corrected chi connectivity index (χ3v) is 7.66. The molecule has 1 aromatic rings. The predicted octanol–water partition coefficient (Wildman–Crippen LogP) is 3.56. The van der Waals surface area contributed by atoms with E-state index in [1.807, 2.05) is 19.1 Å². The minimum Gasteiger partial charge on any atom is -0.508 e. The average molecular weight is 496 g/mol. The first-order chi connectivity index (χ1) is 15.3. The second-order valence-electron chi connectivity index (χ2n) is 8.82. The summed E-state index contributed by atoms with van der Waals surface area (Å²) in [5.74, 6) is -2.59. The van der Waals surface area contributed by atoms with Crippen molar-refractivity contribution in [2.75, 3.05) is 6.54 Å². The van der Waals surface area contributed by atoms with Gasteiger partial charge in [-0.15, -0.1) is 0 Å². The van der Waals surface area contributed by atoms with Gasteiger partial charge in [-0.3, -0.25) is 24.1 Å². The molecule has 0 aromatic heterocycles. The monoisotopic (exact) mass is 495 g/mol. The Labute approximate surface area is 193 Å². The first-order valence-electron chi connectivity index (χ1n) is 10.9. The normalized spacial score (nSPS) is 29.5. The van der Waals surface area contributed by atoms with Crippen molar-refractivity contribution in [3.8, 4) is 5.75 Å². The topological polar surface area (TPSA) is 91.8 Å². The number of amides is 2. The van der Waals surface area contributed by atoms with Crippen LogP contribution >= 0.6 is 15.9 Å². The van der Waals surface area contributed by atoms with Gasteiger partial charge in [-0.1, -0.05) is 30.7 Å². The smallest absolute Gasteiger partial charge is 0.233 e. The number of phenolic OH excluding ortho intramolecular Hbond substituents is 1. The van der Waals surface area contributed by atoms with Crippen LogP contribution in [0.5, 0.6) is 5.75 Å². The molecule has 7 heteroatoms. The number of Topliss-reactive ketones (excluding diaryl/α,β-unsaturated/α-hetero) is 1. The maximum absolute atomic E-state index is 13.3. The predicted molar refractivity (Wildman–Crippen MR) is 120 cm³/mol. The molecule has 6 nitrogen and oxygen atoms in total. The zero-order valence-electron chi connectivity index (χ0n) is 17.5. The van der Waals surface area contributed by atoms with Crippen molar-refractivity contribution in [2.24, 2.45) is 17.8 Å². The Morgan fingerprint density at radius 1 is 1.12 bits per heavy atom. The van der Waals surface area contributed by atoms with Crippen molar-refractivity contribution in [3.05, 3.63) is 63.2 Å². The highest BCUT2D eigenvalue weighted by atomic mass is 79.9. The second kappa shape index (κ2) is 7.66. The number of hydrogen-bond acceptors (Lipinski definition) is 5. The maximum atomic E-state index is 13.3. The summed E-state index contributed by atoms with van der Waals surface area (Å²) in [6.07, 6.45) is 4.66. The van der Waals surface area contributed by atoms with Crippen LogP contribution in [-0.4, -0.2) is 39.9 Å². The molecule has 0 bridgehead atoms. The molecule has 1 saturated heterocycles. The van der Waals surface area contributed by atoms with Crippen LogP contribution in [0, 0.1) is 17.8 Å². The molecular weight excluding hydrogens is 474 g/mol. The molecule has 4 aliphatic rings. The zero-order valence-corrected chi connectivity index (χ0v) is 19.1. The van der Waals surface area contributed by atoms with Gasteiger partial charge in [0.05, 0.1) is 16.3 Å². The number of benzene rings is 1. The van der Waals surface area contributed by atoms with Gasteiger partial charge in [-0.2, -0.15) is 0 Å². The lowest BCUT2D eigenvalue weighted by Gasteiger charge is -2.42. The van der Waals surface area contributed by atoms with E-state index in [2.05, 4.69) is 15.9 Å². The average Bonchev–Trinajstić information content (AvgIpc) is 3.01. The number of aromatic hydroxyl groups is 1. The van der Waals surface area contributed by atoms with E-state index in [0.717, 1.165) is 5.57 Å². The largest absolute Gasteiger partial charge is 0.508 e. The number of rotatable bonds is 3. The molecular formula is C25H22BrNO5. The van der Waals surface area contributed by atoms with Crippen LogP contribution in [-0.2, 0) is 19.2 Å². The molecule has 1 heterocycles. The third kappa shape index (κ3) is 2.98. The summed E-state index contributed by atoms with van der Waals surface area (Å²) in [7, 11) is 0. The Bertz CT molecular complexity index is 1180. The van der Waals surface area contributed by atoms with E-state index in [0.29, 0.717) is 36.1 Å². The molecule has 5 rings (SSSR count). The number of fused-ring (bicyclic) bond motifs is 3. The molecule has 0 saturated carbocycles. The maximum Gasteiger partial charge on any atom is 0.233 e.